The van der Waals surface area contributed by atoms with Crippen molar-refractivity contribution in [1.82, 2.24) is 9.78 Å². The van der Waals surface area contributed by atoms with E-state index in [0.29, 0.717) is 15.9 Å². The lowest BCUT2D eigenvalue weighted by Crippen LogP contribution is -2.16. The summed E-state index contributed by atoms with van der Waals surface area (Å²) in [6, 6.07) is 6.56. The highest BCUT2D eigenvalue weighted by Gasteiger charge is 2.21. The van der Waals surface area contributed by atoms with Gasteiger partial charge >= 0.3 is 0 Å². The van der Waals surface area contributed by atoms with Crippen LogP contribution in [0, 0.1) is 6.92 Å². The topological polar surface area (TPSA) is 90.0 Å². The number of nitrogen functional groups attached to an aromatic ring is 1. The molecule has 2 rings (SSSR count). The highest BCUT2D eigenvalue weighted by atomic mass is 79.9. The van der Waals surface area contributed by atoms with E-state index in [1.807, 2.05) is 0 Å². The number of benzene rings is 1. The Morgan fingerprint density at radius 2 is 2.00 bits per heavy atom. The molecule has 1 heterocycles. The van der Waals surface area contributed by atoms with Crippen molar-refractivity contribution in [2.45, 2.75) is 11.8 Å². The second-order valence-electron chi connectivity index (χ2n) is 4.01. The van der Waals surface area contributed by atoms with E-state index in [9.17, 15) is 8.42 Å². The van der Waals surface area contributed by atoms with E-state index in [1.54, 1.807) is 32.2 Å². The number of halogens is 1. The Labute approximate surface area is 119 Å². The molecule has 2 aromatic rings. The molecule has 0 unspecified atom stereocenters. The third-order valence-electron chi connectivity index (χ3n) is 2.63. The minimum Gasteiger partial charge on any atom is -0.394 e. The van der Waals surface area contributed by atoms with Crippen molar-refractivity contribution in [2.75, 3.05) is 10.5 Å². The zero-order valence-corrected chi connectivity index (χ0v) is 12.8. The number of nitrogens with zero attached hydrogens (tertiary/aromatic N) is 2. The third-order valence-corrected chi connectivity index (χ3v) is 4.98. The Morgan fingerprint density at radius 1 is 1.37 bits per heavy atom. The number of hydrogen-bond donors (Lipinski definition) is 2. The van der Waals surface area contributed by atoms with Crippen LogP contribution in [-0.4, -0.2) is 18.2 Å². The van der Waals surface area contributed by atoms with Crippen LogP contribution in [0.15, 0.2) is 33.6 Å². The van der Waals surface area contributed by atoms with Crippen LogP contribution >= 0.6 is 15.9 Å². The molecule has 0 bridgehead atoms. The van der Waals surface area contributed by atoms with Gasteiger partial charge in [-0.2, -0.15) is 5.10 Å². The van der Waals surface area contributed by atoms with E-state index in [4.69, 9.17) is 5.73 Å². The molecule has 0 amide bonds. The zero-order valence-electron chi connectivity index (χ0n) is 10.4. The van der Waals surface area contributed by atoms with Crippen molar-refractivity contribution in [3.63, 3.8) is 0 Å². The fraction of sp³-hybridized carbons (Fsp3) is 0.182. The molecule has 0 radical (unpaired) electrons. The van der Waals surface area contributed by atoms with Crippen molar-refractivity contribution < 1.29 is 8.42 Å². The lowest BCUT2D eigenvalue weighted by molar-refractivity contribution is 0.600. The summed E-state index contributed by atoms with van der Waals surface area (Å²) in [5, 5.41) is 4.06. The zero-order chi connectivity index (χ0) is 14.2. The molecule has 0 spiro atoms. The van der Waals surface area contributed by atoms with Gasteiger partial charge in [0.05, 0.1) is 11.4 Å². The first-order valence-corrected chi connectivity index (χ1v) is 7.67. The number of rotatable bonds is 3. The predicted molar refractivity (Wildman–Crippen MR) is 77.3 cm³/mol. The quantitative estimate of drug-likeness (QED) is 0.889. The van der Waals surface area contributed by atoms with E-state index in [-0.39, 0.29) is 10.7 Å². The van der Waals surface area contributed by atoms with Gasteiger partial charge in [-0.05, 0) is 35.0 Å². The van der Waals surface area contributed by atoms with Crippen molar-refractivity contribution in [2.24, 2.45) is 7.05 Å². The molecule has 1 aromatic carbocycles. The minimum atomic E-state index is -3.71. The maximum absolute atomic E-state index is 12.3. The Bertz CT molecular complexity index is 724. The molecule has 0 saturated heterocycles. The van der Waals surface area contributed by atoms with Gasteiger partial charge in [-0.3, -0.25) is 4.72 Å². The monoisotopic (exact) mass is 344 g/mol. The van der Waals surface area contributed by atoms with Crippen LogP contribution in [0.5, 0.6) is 0 Å². The van der Waals surface area contributed by atoms with E-state index >= 15 is 0 Å². The molecule has 1 aromatic heterocycles. The van der Waals surface area contributed by atoms with Crippen molar-refractivity contribution >= 4 is 37.5 Å². The van der Waals surface area contributed by atoms with Gasteiger partial charge in [0.15, 0.2) is 5.82 Å². The first-order chi connectivity index (χ1) is 8.83. The third kappa shape index (κ3) is 2.59. The van der Waals surface area contributed by atoms with Crippen LogP contribution in [0.2, 0.25) is 0 Å². The van der Waals surface area contributed by atoms with Crippen molar-refractivity contribution in [1.29, 1.82) is 0 Å². The summed E-state index contributed by atoms with van der Waals surface area (Å²) in [6.07, 6.45) is 0. The summed E-state index contributed by atoms with van der Waals surface area (Å²) in [7, 11) is -2.09. The summed E-state index contributed by atoms with van der Waals surface area (Å²) in [4.78, 5) is 0.147. The number of anilines is 2. The maximum atomic E-state index is 12.3. The fourth-order valence-corrected chi connectivity index (χ4v) is 3.75. The first kappa shape index (κ1) is 13.9. The molecule has 0 aliphatic heterocycles. The highest BCUT2D eigenvalue weighted by Crippen LogP contribution is 2.27. The summed E-state index contributed by atoms with van der Waals surface area (Å²) in [5.74, 6) is 0.258. The average molecular weight is 345 g/mol. The first-order valence-electron chi connectivity index (χ1n) is 5.39. The van der Waals surface area contributed by atoms with Crippen LogP contribution in [0.4, 0.5) is 11.5 Å². The second-order valence-corrected chi connectivity index (χ2v) is 6.51. The minimum absolute atomic E-state index is 0.147. The van der Waals surface area contributed by atoms with Crippen LogP contribution in [0.3, 0.4) is 0 Å². The summed E-state index contributed by atoms with van der Waals surface area (Å²) < 4.78 is 28.9. The molecule has 3 N–H and O–H groups in total. The van der Waals surface area contributed by atoms with Crippen LogP contribution in [-0.2, 0) is 17.1 Å². The number of aromatic nitrogens is 2. The summed E-state index contributed by atoms with van der Waals surface area (Å²) >= 11 is 3.21. The van der Waals surface area contributed by atoms with E-state index < -0.39 is 10.0 Å². The van der Waals surface area contributed by atoms with Crippen LogP contribution < -0.4 is 10.5 Å². The fourth-order valence-electron chi connectivity index (χ4n) is 1.64. The maximum Gasteiger partial charge on any atom is 0.264 e. The molecule has 19 heavy (non-hydrogen) atoms. The largest absolute Gasteiger partial charge is 0.394 e. The van der Waals surface area contributed by atoms with Gasteiger partial charge in [0.25, 0.3) is 10.0 Å². The second kappa shape index (κ2) is 4.86. The standard InChI is InChI=1S/C11H13BrN4O2S/c1-7-10(13)11(16(2)14-7)15-19(17,18)9-6-4-3-5-8(9)12/h3-6,15H,13H2,1-2H3. The average Bonchev–Trinajstić information content (AvgIpc) is 2.56. The molecule has 102 valence electrons. The molecule has 0 fully saturated rings. The molecule has 8 heteroatoms. The number of sulfonamides is 1. The van der Waals surface area contributed by atoms with Crippen molar-refractivity contribution in [3.05, 3.63) is 34.4 Å². The number of nitrogens with two attached hydrogens (primary N) is 1. The lowest BCUT2D eigenvalue weighted by atomic mass is 10.4. The Balaban J connectivity index is 2.46. The summed E-state index contributed by atoms with van der Waals surface area (Å²) in [6.45, 7) is 1.71. The van der Waals surface area contributed by atoms with Gasteiger partial charge in [-0.1, -0.05) is 12.1 Å². The predicted octanol–water partition coefficient (Wildman–Crippen LogP) is 1.87. The molecular weight excluding hydrogens is 332 g/mol. The smallest absolute Gasteiger partial charge is 0.264 e. The Kier molecular flexibility index (Phi) is 3.55. The van der Waals surface area contributed by atoms with Gasteiger partial charge in [0, 0.05) is 11.5 Å². The van der Waals surface area contributed by atoms with Crippen LogP contribution in [0.25, 0.3) is 0 Å². The molecular formula is C11H13BrN4O2S. The molecule has 6 nitrogen and oxygen atoms in total. The number of hydrogen-bond acceptors (Lipinski definition) is 4. The lowest BCUT2D eigenvalue weighted by Gasteiger charge is -2.10. The SMILES string of the molecule is Cc1nn(C)c(NS(=O)(=O)c2ccccc2Br)c1N. The van der Waals surface area contributed by atoms with Gasteiger partial charge in [0.1, 0.15) is 4.90 Å². The van der Waals surface area contributed by atoms with Crippen LogP contribution in [0.1, 0.15) is 5.69 Å². The van der Waals surface area contributed by atoms with Gasteiger partial charge in [-0.25, -0.2) is 13.1 Å². The number of nitrogens with one attached hydrogen (secondary N) is 1. The van der Waals surface area contributed by atoms with Gasteiger partial charge < -0.3 is 5.73 Å². The normalized spacial score (nSPS) is 11.5. The van der Waals surface area contributed by atoms with Crippen molar-refractivity contribution in [3.8, 4) is 0 Å². The van der Waals surface area contributed by atoms with E-state index in [0.717, 1.165) is 0 Å². The molecule has 0 saturated carbocycles. The van der Waals surface area contributed by atoms with Gasteiger partial charge in [-0.15, -0.1) is 0 Å². The molecule has 0 atom stereocenters. The van der Waals surface area contributed by atoms with E-state index in [2.05, 4.69) is 25.8 Å². The highest BCUT2D eigenvalue weighted by molar-refractivity contribution is 9.10. The molecule has 0 aliphatic carbocycles. The summed E-state index contributed by atoms with van der Waals surface area (Å²) in [5.41, 5.74) is 6.70. The molecule has 0 aliphatic rings. The Morgan fingerprint density at radius 3 is 2.53 bits per heavy atom. The van der Waals surface area contributed by atoms with E-state index in [1.165, 1.54) is 10.7 Å². The number of aryl methyl sites for hydroxylation is 2. The van der Waals surface area contributed by atoms with Gasteiger partial charge in [0.2, 0.25) is 0 Å². The Hall–Kier alpha value is -1.54.